The van der Waals surface area contributed by atoms with Crippen LogP contribution in [0.4, 0.5) is 10.5 Å². The van der Waals surface area contributed by atoms with Crippen molar-refractivity contribution in [3.63, 3.8) is 0 Å². The summed E-state index contributed by atoms with van der Waals surface area (Å²) in [5.74, 6) is 1.29. The molecule has 0 atom stereocenters. The number of amides is 2. The number of ether oxygens (including phenoxy) is 2. The van der Waals surface area contributed by atoms with Crippen LogP contribution in [-0.2, 0) is 6.54 Å². The summed E-state index contributed by atoms with van der Waals surface area (Å²) in [5.41, 5.74) is 1.69. The molecular formula is C17H16ClN3O3. The molecule has 0 saturated carbocycles. The van der Waals surface area contributed by atoms with E-state index < -0.39 is 6.03 Å². The van der Waals surface area contributed by atoms with Gasteiger partial charge in [-0.3, -0.25) is 0 Å². The highest BCUT2D eigenvalue weighted by Gasteiger charge is 2.07. The van der Waals surface area contributed by atoms with E-state index in [2.05, 4.69) is 10.6 Å². The van der Waals surface area contributed by atoms with Crippen LogP contribution in [0.5, 0.6) is 11.5 Å². The van der Waals surface area contributed by atoms with Gasteiger partial charge in [-0.2, -0.15) is 5.26 Å². The van der Waals surface area contributed by atoms with Crippen molar-refractivity contribution in [2.45, 2.75) is 6.54 Å². The van der Waals surface area contributed by atoms with Crippen LogP contribution >= 0.6 is 11.6 Å². The van der Waals surface area contributed by atoms with Crippen LogP contribution in [-0.4, -0.2) is 20.3 Å². The van der Waals surface area contributed by atoms with Gasteiger partial charge in [-0.25, -0.2) is 4.79 Å². The smallest absolute Gasteiger partial charge is 0.319 e. The lowest BCUT2D eigenvalue weighted by Gasteiger charge is -2.11. The molecule has 2 amide bonds. The summed E-state index contributed by atoms with van der Waals surface area (Å²) in [5, 5.41) is 14.5. The van der Waals surface area contributed by atoms with Crippen molar-refractivity contribution in [3.8, 4) is 17.6 Å². The van der Waals surface area contributed by atoms with Gasteiger partial charge in [0.1, 0.15) is 17.6 Å². The fourth-order valence-corrected chi connectivity index (χ4v) is 2.23. The van der Waals surface area contributed by atoms with Crippen molar-refractivity contribution < 1.29 is 14.3 Å². The Hall–Kier alpha value is -2.91. The highest BCUT2D eigenvalue weighted by atomic mass is 35.5. The summed E-state index contributed by atoms with van der Waals surface area (Å²) in [7, 11) is 3.13. The Bertz CT molecular complexity index is 765. The molecule has 2 rings (SSSR count). The van der Waals surface area contributed by atoms with E-state index in [1.807, 2.05) is 6.07 Å². The maximum atomic E-state index is 12.0. The molecule has 24 heavy (non-hydrogen) atoms. The second-order valence-corrected chi connectivity index (χ2v) is 5.24. The van der Waals surface area contributed by atoms with Crippen molar-refractivity contribution in [1.29, 1.82) is 5.26 Å². The molecule has 6 nitrogen and oxygen atoms in total. The van der Waals surface area contributed by atoms with Crippen molar-refractivity contribution >= 4 is 23.3 Å². The molecule has 124 valence electrons. The van der Waals surface area contributed by atoms with Crippen LogP contribution in [0.25, 0.3) is 0 Å². The Morgan fingerprint density at radius 2 is 1.83 bits per heavy atom. The predicted molar refractivity (Wildman–Crippen MR) is 91.6 cm³/mol. The van der Waals surface area contributed by atoms with Gasteiger partial charge >= 0.3 is 6.03 Å². The van der Waals surface area contributed by atoms with Crippen LogP contribution in [0.3, 0.4) is 0 Å². The number of hydrogen-bond acceptors (Lipinski definition) is 4. The summed E-state index contributed by atoms with van der Waals surface area (Å²) in [6.07, 6.45) is 0. The van der Waals surface area contributed by atoms with E-state index in [0.717, 1.165) is 5.56 Å². The first-order valence-corrected chi connectivity index (χ1v) is 7.40. The fourth-order valence-electron chi connectivity index (χ4n) is 2.01. The first-order valence-electron chi connectivity index (χ1n) is 7.02. The quantitative estimate of drug-likeness (QED) is 0.868. The van der Waals surface area contributed by atoms with Crippen LogP contribution in [0.15, 0.2) is 36.4 Å². The molecule has 0 saturated heterocycles. The molecule has 0 heterocycles. The minimum Gasteiger partial charge on any atom is -0.497 e. The van der Waals surface area contributed by atoms with Gasteiger partial charge in [0, 0.05) is 18.3 Å². The number of methoxy groups -OCH3 is 2. The number of nitriles is 1. The van der Waals surface area contributed by atoms with Gasteiger partial charge in [0.15, 0.2) is 0 Å². The van der Waals surface area contributed by atoms with Gasteiger partial charge in [-0.1, -0.05) is 11.6 Å². The van der Waals surface area contributed by atoms with Crippen LogP contribution < -0.4 is 20.1 Å². The molecule has 0 spiro atoms. The zero-order chi connectivity index (χ0) is 17.5. The van der Waals surface area contributed by atoms with Crippen molar-refractivity contribution in [2.75, 3.05) is 19.5 Å². The van der Waals surface area contributed by atoms with Crippen molar-refractivity contribution in [3.05, 3.63) is 52.5 Å². The first-order chi connectivity index (χ1) is 11.5. The van der Waals surface area contributed by atoms with E-state index >= 15 is 0 Å². The zero-order valence-corrected chi connectivity index (χ0v) is 14.0. The first kappa shape index (κ1) is 17.4. The third kappa shape index (κ3) is 4.54. The van der Waals surface area contributed by atoms with Crippen LogP contribution in [0, 0.1) is 11.3 Å². The van der Waals surface area contributed by atoms with Gasteiger partial charge in [0.05, 0.1) is 24.8 Å². The Morgan fingerprint density at radius 1 is 1.17 bits per heavy atom. The second kappa shape index (κ2) is 8.09. The standard InChI is InChI=1S/C17H16ClN3O3/c1-23-14-5-11(6-15(8-14)24-2)10-20-17(22)21-13-4-3-12(9-19)16(18)7-13/h3-8H,10H2,1-2H3,(H2,20,21,22). The molecule has 2 N–H and O–H groups in total. The Labute approximate surface area is 144 Å². The lowest BCUT2D eigenvalue weighted by atomic mass is 10.2. The normalized spacial score (nSPS) is 9.75. The molecule has 2 aromatic carbocycles. The summed E-state index contributed by atoms with van der Waals surface area (Å²) >= 11 is 5.93. The summed E-state index contributed by atoms with van der Waals surface area (Å²) < 4.78 is 10.4. The average molecular weight is 346 g/mol. The van der Waals surface area contributed by atoms with Crippen LogP contribution in [0.2, 0.25) is 5.02 Å². The Balaban J connectivity index is 1.98. The number of nitrogens with one attached hydrogen (secondary N) is 2. The molecule has 0 aliphatic rings. The molecule has 0 radical (unpaired) electrons. The largest absolute Gasteiger partial charge is 0.497 e. The molecule has 7 heteroatoms. The third-order valence-electron chi connectivity index (χ3n) is 3.21. The van der Waals surface area contributed by atoms with E-state index in [1.165, 1.54) is 6.07 Å². The molecule has 0 unspecified atom stereocenters. The number of hydrogen-bond donors (Lipinski definition) is 2. The highest BCUT2D eigenvalue weighted by Crippen LogP contribution is 2.22. The molecule has 0 aliphatic carbocycles. The molecule has 0 fully saturated rings. The molecule has 2 aromatic rings. The van der Waals surface area contributed by atoms with Gasteiger partial charge < -0.3 is 20.1 Å². The summed E-state index contributed by atoms with van der Waals surface area (Å²) in [6, 6.07) is 11.6. The second-order valence-electron chi connectivity index (χ2n) is 4.84. The SMILES string of the molecule is COc1cc(CNC(=O)Nc2ccc(C#N)c(Cl)c2)cc(OC)c1. The maximum absolute atomic E-state index is 12.0. The number of carbonyl (C=O) groups is 1. The number of benzene rings is 2. The summed E-state index contributed by atoms with van der Waals surface area (Å²) in [6.45, 7) is 0.295. The van der Waals surface area contributed by atoms with E-state index in [1.54, 1.807) is 44.6 Å². The Kier molecular flexibility index (Phi) is 5.88. The molecule has 0 aliphatic heterocycles. The lowest BCUT2D eigenvalue weighted by molar-refractivity contribution is 0.251. The number of nitrogens with zero attached hydrogens (tertiary/aromatic N) is 1. The van der Waals surface area contributed by atoms with Gasteiger partial charge in [0.25, 0.3) is 0 Å². The predicted octanol–water partition coefficient (Wildman–Crippen LogP) is 3.55. The lowest BCUT2D eigenvalue weighted by Crippen LogP contribution is -2.28. The number of anilines is 1. The van der Waals surface area contributed by atoms with E-state index in [9.17, 15) is 4.79 Å². The van der Waals surface area contributed by atoms with E-state index in [4.69, 9.17) is 26.3 Å². The van der Waals surface area contributed by atoms with Gasteiger partial charge in [-0.15, -0.1) is 0 Å². The summed E-state index contributed by atoms with van der Waals surface area (Å²) in [4.78, 5) is 12.0. The third-order valence-corrected chi connectivity index (χ3v) is 3.52. The number of halogens is 1. The van der Waals surface area contributed by atoms with E-state index in [0.29, 0.717) is 29.3 Å². The van der Waals surface area contributed by atoms with Gasteiger partial charge in [-0.05, 0) is 35.9 Å². The minimum atomic E-state index is -0.391. The number of rotatable bonds is 5. The molecule has 0 bridgehead atoms. The minimum absolute atomic E-state index is 0.285. The monoisotopic (exact) mass is 345 g/mol. The maximum Gasteiger partial charge on any atom is 0.319 e. The number of carbonyl (C=O) groups excluding carboxylic acids is 1. The zero-order valence-electron chi connectivity index (χ0n) is 13.2. The fraction of sp³-hybridized carbons (Fsp3) is 0.176. The topological polar surface area (TPSA) is 83.4 Å². The highest BCUT2D eigenvalue weighted by molar-refractivity contribution is 6.32. The number of urea groups is 1. The van der Waals surface area contributed by atoms with Crippen molar-refractivity contribution in [2.24, 2.45) is 0 Å². The van der Waals surface area contributed by atoms with Crippen molar-refractivity contribution in [1.82, 2.24) is 5.32 Å². The molecular weight excluding hydrogens is 330 g/mol. The Morgan fingerprint density at radius 3 is 2.38 bits per heavy atom. The van der Waals surface area contributed by atoms with E-state index in [-0.39, 0.29) is 5.02 Å². The molecule has 0 aromatic heterocycles. The van der Waals surface area contributed by atoms with Gasteiger partial charge in [0.2, 0.25) is 0 Å². The van der Waals surface area contributed by atoms with Crippen LogP contribution in [0.1, 0.15) is 11.1 Å². The average Bonchev–Trinajstić information content (AvgIpc) is 2.59.